The molecule has 3 N–H and O–H groups in total. The third-order valence-corrected chi connectivity index (χ3v) is 6.28. The van der Waals surface area contributed by atoms with Gasteiger partial charge in [-0.2, -0.15) is 0 Å². The molecule has 1 heterocycles. The highest BCUT2D eigenvalue weighted by molar-refractivity contribution is 7.89. The second-order valence-corrected chi connectivity index (χ2v) is 9.12. The molecule has 0 fully saturated rings. The average Bonchev–Trinajstić information content (AvgIpc) is 3.07. The number of nitrogens with zero attached hydrogens (tertiary/aromatic N) is 1. The first-order valence-electron chi connectivity index (χ1n) is 8.01. The zero-order valence-corrected chi connectivity index (χ0v) is 17.5. The molecule has 0 radical (unpaired) electrons. The summed E-state index contributed by atoms with van der Waals surface area (Å²) in [6.45, 7) is 0.261. The summed E-state index contributed by atoms with van der Waals surface area (Å²) in [5.41, 5.74) is 2.01. The molecule has 0 aliphatic heterocycles. The van der Waals surface area contributed by atoms with Crippen LogP contribution in [0.2, 0.25) is 10.0 Å². The largest absolute Gasteiger partial charge is 0.352 e. The van der Waals surface area contributed by atoms with Gasteiger partial charge in [-0.3, -0.25) is 4.79 Å². The molecule has 146 valence electrons. The fourth-order valence-corrected chi connectivity index (χ4v) is 4.53. The van der Waals surface area contributed by atoms with E-state index in [9.17, 15) is 13.2 Å². The molecule has 6 nitrogen and oxygen atoms in total. The molecule has 0 bridgehead atoms. The lowest BCUT2D eigenvalue weighted by Gasteiger charge is -2.05. The minimum absolute atomic E-state index is 0.0239. The summed E-state index contributed by atoms with van der Waals surface area (Å²) in [6.07, 6.45) is 0.105. The molecule has 2 aromatic carbocycles. The summed E-state index contributed by atoms with van der Waals surface area (Å²) >= 11 is 13.7. The summed E-state index contributed by atoms with van der Waals surface area (Å²) in [5.74, 6) is -0.211. The number of rotatable bonds is 6. The maximum atomic E-state index is 12.2. The highest BCUT2D eigenvalue weighted by Crippen LogP contribution is 2.36. The van der Waals surface area contributed by atoms with Gasteiger partial charge < -0.3 is 5.32 Å². The number of aromatic nitrogens is 1. The fraction of sp³-hybridized carbons (Fsp3) is 0.111. The van der Waals surface area contributed by atoms with Crippen molar-refractivity contribution < 1.29 is 13.2 Å². The lowest BCUT2D eigenvalue weighted by molar-refractivity contribution is -0.120. The van der Waals surface area contributed by atoms with E-state index in [2.05, 4.69) is 10.3 Å². The van der Waals surface area contributed by atoms with Crippen molar-refractivity contribution in [2.75, 3.05) is 0 Å². The van der Waals surface area contributed by atoms with Gasteiger partial charge in [0.15, 0.2) is 0 Å². The first-order valence-corrected chi connectivity index (χ1v) is 11.2. The molecule has 0 saturated carbocycles. The van der Waals surface area contributed by atoms with Crippen molar-refractivity contribution >= 4 is 50.5 Å². The van der Waals surface area contributed by atoms with Crippen LogP contribution in [-0.4, -0.2) is 19.3 Å². The maximum Gasteiger partial charge on any atom is 0.238 e. The van der Waals surface area contributed by atoms with Crippen LogP contribution in [0.3, 0.4) is 0 Å². The van der Waals surface area contributed by atoms with Gasteiger partial charge in [-0.25, -0.2) is 18.5 Å². The monoisotopic (exact) mass is 455 g/mol. The van der Waals surface area contributed by atoms with E-state index < -0.39 is 10.0 Å². The zero-order chi connectivity index (χ0) is 20.3. The Morgan fingerprint density at radius 2 is 1.75 bits per heavy atom. The second-order valence-electron chi connectivity index (χ2n) is 5.88. The molecule has 0 aliphatic rings. The van der Waals surface area contributed by atoms with Crippen molar-refractivity contribution in [3.63, 3.8) is 0 Å². The predicted molar refractivity (Wildman–Crippen MR) is 111 cm³/mol. The average molecular weight is 456 g/mol. The number of carbonyl (C=O) groups is 1. The van der Waals surface area contributed by atoms with Crippen LogP contribution in [0.15, 0.2) is 52.7 Å². The number of primary sulfonamides is 1. The van der Waals surface area contributed by atoms with Crippen molar-refractivity contribution in [1.82, 2.24) is 10.3 Å². The van der Waals surface area contributed by atoms with Crippen molar-refractivity contribution in [3.8, 4) is 10.6 Å². The molecule has 10 heteroatoms. The Morgan fingerprint density at radius 3 is 2.36 bits per heavy atom. The fourth-order valence-electron chi connectivity index (χ4n) is 2.43. The number of benzene rings is 2. The number of amides is 1. The molecule has 3 rings (SSSR count). The molecular formula is C18H15Cl2N3O3S2. The van der Waals surface area contributed by atoms with E-state index in [1.807, 2.05) is 0 Å². The Hall–Kier alpha value is -1.97. The van der Waals surface area contributed by atoms with E-state index in [-0.39, 0.29) is 23.8 Å². The minimum Gasteiger partial charge on any atom is -0.352 e. The van der Waals surface area contributed by atoms with Gasteiger partial charge in [-0.05, 0) is 29.8 Å². The quantitative estimate of drug-likeness (QED) is 0.592. The number of carbonyl (C=O) groups excluding carboxylic acids is 1. The lowest BCUT2D eigenvalue weighted by atomic mass is 10.2. The number of halogens is 2. The normalized spacial score (nSPS) is 11.4. The first-order chi connectivity index (χ1) is 13.2. The van der Waals surface area contributed by atoms with Crippen LogP contribution < -0.4 is 10.5 Å². The van der Waals surface area contributed by atoms with E-state index in [0.29, 0.717) is 26.3 Å². The molecule has 0 spiro atoms. The smallest absolute Gasteiger partial charge is 0.238 e. The topological polar surface area (TPSA) is 102 Å². The summed E-state index contributed by atoms with van der Waals surface area (Å²) in [6, 6.07) is 11.2. The van der Waals surface area contributed by atoms with Crippen LogP contribution in [0.25, 0.3) is 10.6 Å². The molecule has 1 aromatic heterocycles. The van der Waals surface area contributed by atoms with Gasteiger partial charge in [0.1, 0.15) is 5.01 Å². The highest BCUT2D eigenvalue weighted by atomic mass is 35.5. The van der Waals surface area contributed by atoms with Gasteiger partial charge in [0.25, 0.3) is 0 Å². The Bertz CT molecular complexity index is 1090. The summed E-state index contributed by atoms with van der Waals surface area (Å²) < 4.78 is 22.5. The van der Waals surface area contributed by atoms with Gasteiger partial charge >= 0.3 is 0 Å². The maximum absolute atomic E-state index is 12.2. The molecule has 0 saturated heterocycles. The predicted octanol–water partition coefficient (Wildman–Crippen LogP) is 3.62. The molecule has 0 atom stereocenters. The van der Waals surface area contributed by atoms with Crippen LogP contribution in [0.4, 0.5) is 0 Å². The summed E-state index contributed by atoms with van der Waals surface area (Å²) in [5, 5.41) is 11.3. The number of hydrogen-bond acceptors (Lipinski definition) is 5. The highest BCUT2D eigenvalue weighted by Gasteiger charge is 2.14. The van der Waals surface area contributed by atoms with Crippen LogP contribution in [0, 0.1) is 0 Å². The van der Waals surface area contributed by atoms with Crippen LogP contribution in [0.1, 0.15) is 11.3 Å². The Morgan fingerprint density at radius 1 is 1.11 bits per heavy atom. The number of nitrogens with one attached hydrogen (secondary N) is 1. The van der Waals surface area contributed by atoms with Crippen molar-refractivity contribution in [2.24, 2.45) is 5.14 Å². The Labute approximate surface area is 176 Å². The minimum atomic E-state index is -3.73. The van der Waals surface area contributed by atoms with Gasteiger partial charge in [0.2, 0.25) is 15.9 Å². The van der Waals surface area contributed by atoms with Gasteiger partial charge in [0, 0.05) is 17.5 Å². The van der Waals surface area contributed by atoms with Gasteiger partial charge in [0.05, 0.1) is 27.1 Å². The summed E-state index contributed by atoms with van der Waals surface area (Å²) in [7, 11) is -3.73. The Balaban J connectivity index is 1.61. The molecular weight excluding hydrogens is 441 g/mol. The third kappa shape index (κ3) is 5.09. The van der Waals surface area contributed by atoms with Crippen LogP contribution >= 0.6 is 34.5 Å². The van der Waals surface area contributed by atoms with Crippen LogP contribution in [-0.2, 0) is 27.8 Å². The van der Waals surface area contributed by atoms with E-state index in [1.54, 1.807) is 35.7 Å². The molecule has 28 heavy (non-hydrogen) atoms. The third-order valence-electron chi connectivity index (χ3n) is 3.81. The van der Waals surface area contributed by atoms with Gasteiger partial charge in [-0.1, -0.05) is 41.4 Å². The standard InChI is InChI=1S/C18H15Cl2N3O3S2/c19-14-2-1-3-15(20)17(14)18-23-12(10-27-18)8-16(24)22-9-11-4-6-13(7-5-11)28(21,25)26/h1-7,10H,8-9H2,(H,22,24)(H2,21,25,26). The number of thiazole rings is 1. The molecule has 3 aromatic rings. The van der Waals surface area contributed by atoms with Gasteiger partial charge in [-0.15, -0.1) is 11.3 Å². The van der Waals surface area contributed by atoms with Crippen molar-refractivity contribution in [3.05, 3.63) is 69.1 Å². The van der Waals surface area contributed by atoms with Crippen molar-refractivity contribution in [1.29, 1.82) is 0 Å². The van der Waals surface area contributed by atoms with E-state index in [0.717, 1.165) is 5.56 Å². The molecule has 1 amide bonds. The number of nitrogens with two attached hydrogens (primary N) is 1. The number of hydrogen-bond donors (Lipinski definition) is 2. The number of sulfonamides is 1. The van der Waals surface area contributed by atoms with E-state index in [1.165, 1.54) is 23.5 Å². The molecule has 0 unspecified atom stereocenters. The summed E-state index contributed by atoms with van der Waals surface area (Å²) in [4.78, 5) is 16.6. The lowest BCUT2D eigenvalue weighted by Crippen LogP contribution is -2.24. The second kappa shape index (κ2) is 8.59. The first kappa shape index (κ1) is 20.8. The van der Waals surface area contributed by atoms with E-state index in [4.69, 9.17) is 28.3 Å². The van der Waals surface area contributed by atoms with E-state index >= 15 is 0 Å². The van der Waals surface area contributed by atoms with Crippen LogP contribution in [0.5, 0.6) is 0 Å². The zero-order valence-electron chi connectivity index (χ0n) is 14.4. The molecule has 0 aliphatic carbocycles. The van der Waals surface area contributed by atoms with Crippen molar-refractivity contribution in [2.45, 2.75) is 17.9 Å². The Kier molecular flexibility index (Phi) is 6.36. The SMILES string of the molecule is NS(=O)(=O)c1ccc(CNC(=O)Cc2csc(-c3c(Cl)cccc3Cl)n2)cc1.